The third-order valence-corrected chi connectivity index (χ3v) is 3.54. The Morgan fingerprint density at radius 1 is 1.17 bits per heavy atom. The van der Waals surface area contributed by atoms with E-state index in [-0.39, 0.29) is 12.7 Å². The Balaban J connectivity index is 2.05. The van der Waals surface area contributed by atoms with Gasteiger partial charge < -0.3 is 14.4 Å². The molecule has 0 heterocycles. The highest BCUT2D eigenvalue weighted by atomic mass is 16.7. The number of benzene rings is 2. The molecule has 0 aliphatic heterocycles. The quantitative estimate of drug-likeness (QED) is 0.569. The van der Waals surface area contributed by atoms with Gasteiger partial charge in [-0.05, 0) is 55.3 Å². The molecule has 0 atom stereocenters. The van der Waals surface area contributed by atoms with Crippen LogP contribution in [0.5, 0.6) is 5.75 Å². The van der Waals surface area contributed by atoms with Crippen LogP contribution in [0.3, 0.4) is 0 Å². The zero-order chi connectivity index (χ0) is 17.4. The number of hydrogen-bond acceptors (Lipinski definition) is 3. The molecule has 0 aliphatic rings. The van der Waals surface area contributed by atoms with Crippen LogP contribution >= 0.6 is 0 Å². The van der Waals surface area contributed by atoms with Crippen LogP contribution in [0.25, 0.3) is 6.08 Å². The molecule has 24 heavy (non-hydrogen) atoms. The van der Waals surface area contributed by atoms with Crippen LogP contribution in [-0.2, 0) is 9.53 Å². The standard InChI is InChI=1S/C20H23NO3/c1-4-21(18-7-5-6-16(2)14-18)20(22)13-10-17-8-11-19(12-9-17)24-15-23-3/h5-14H,4,15H2,1-3H3/b13-10+. The van der Waals surface area contributed by atoms with Gasteiger partial charge in [0.2, 0.25) is 0 Å². The average molecular weight is 325 g/mol. The largest absolute Gasteiger partial charge is 0.468 e. The van der Waals surface area contributed by atoms with Crippen LogP contribution in [0.2, 0.25) is 0 Å². The summed E-state index contributed by atoms with van der Waals surface area (Å²) < 4.78 is 10.2. The Bertz CT molecular complexity index is 692. The molecule has 0 N–H and O–H groups in total. The summed E-state index contributed by atoms with van der Waals surface area (Å²) in [5.41, 5.74) is 2.98. The zero-order valence-electron chi connectivity index (χ0n) is 14.4. The van der Waals surface area contributed by atoms with E-state index in [0.29, 0.717) is 6.54 Å². The minimum atomic E-state index is -0.0391. The van der Waals surface area contributed by atoms with Crippen molar-refractivity contribution < 1.29 is 14.3 Å². The first-order chi connectivity index (χ1) is 11.6. The predicted molar refractivity (Wildman–Crippen MR) is 97.2 cm³/mol. The van der Waals surface area contributed by atoms with Gasteiger partial charge in [-0.25, -0.2) is 0 Å². The second kappa shape index (κ2) is 8.89. The van der Waals surface area contributed by atoms with Crippen molar-refractivity contribution in [3.05, 3.63) is 65.7 Å². The summed E-state index contributed by atoms with van der Waals surface area (Å²) in [6.45, 7) is 4.83. The van der Waals surface area contributed by atoms with Crippen LogP contribution in [0.1, 0.15) is 18.1 Å². The Labute approximate surface area is 143 Å². The van der Waals surface area contributed by atoms with Gasteiger partial charge in [0.15, 0.2) is 6.79 Å². The molecule has 2 rings (SSSR count). The number of carbonyl (C=O) groups is 1. The summed E-state index contributed by atoms with van der Waals surface area (Å²) in [5, 5.41) is 0. The number of anilines is 1. The molecule has 0 unspecified atom stereocenters. The molecule has 2 aromatic carbocycles. The van der Waals surface area contributed by atoms with E-state index >= 15 is 0 Å². The maximum Gasteiger partial charge on any atom is 0.250 e. The Morgan fingerprint density at radius 3 is 2.54 bits per heavy atom. The predicted octanol–water partition coefficient (Wildman–Crippen LogP) is 4.04. The van der Waals surface area contributed by atoms with Gasteiger partial charge in [0.05, 0.1) is 0 Å². The molecule has 0 radical (unpaired) electrons. The van der Waals surface area contributed by atoms with Crippen molar-refractivity contribution in [3.63, 3.8) is 0 Å². The lowest BCUT2D eigenvalue weighted by molar-refractivity contribution is -0.114. The minimum absolute atomic E-state index is 0.0391. The Hall–Kier alpha value is -2.59. The van der Waals surface area contributed by atoms with E-state index in [4.69, 9.17) is 9.47 Å². The lowest BCUT2D eigenvalue weighted by Crippen LogP contribution is -2.28. The number of ether oxygens (including phenoxy) is 2. The molecular formula is C20H23NO3. The van der Waals surface area contributed by atoms with Crippen molar-refractivity contribution in [1.29, 1.82) is 0 Å². The molecule has 1 amide bonds. The lowest BCUT2D eigenvalue weighted by atomic mass is 10.2. The van der Waals surface area contributed by atoms with E-state index in [1.54, 1.807) is 24.2 Å². The molecule has 126 valence electrons. The molecule has 2 aromatic rings. The van der Waals surface area contributed by atoms with Gasteiger partial charge in [-0.2, -0.15) is 0 Å². The molecule has 0 bridgehead atoms. The van der Waals surface area contributed by atoms with Crippen LogP contribution in [0.4, 0.5) is 5.69 Å². The van der Waals surface area contributed by atoms with Gasteiger partial charge in [-0.3, -0.25) is 4.79 Å². The van der Waals surface area contributed by atoms with Crippen molar-refractivity contribution in [2.75, 3.05) is 25.3 Å². The van der Waals surface area contributed by atoms with Crippen molar-refractivity contribution in [2.45, 2.75) is 13.8 Å². The first-order valence-corrected chi connectivity index (χ1v) is 7.92. The number of rotatable bonds is 7. The fourth-order valence-electron chi connectivity index (χ4n) is 2.32. The molecule has 0 aliphatic carbocycles. The van der Waals surface area contributed by atoms with Gasteiger partial charge in [0.1, 0.15) is 5.75 Å². The molecular weight excluding hydrogens is 302 g/mol. The smallest absolute Gasteiger partial charge is 0.250 e. The number of carbonyl (C=O) groups excluding carboxylic acids is 1. The normalized spacial score (nSPS) is 10.8. The number of likely N-dealkylation sites (N-methyl/N-ethyl adjacent to an activating group) is 1. The summed E-state index contributed by atoms with van der Waals surface area (Å²) >= 11 is 0. The third kappa shape index (κ3) is 4.96. The average Bonchev–Trinajstić information content (AvgIpc) is 2.60. The highest BCUT2D eigenvalue weighted by molar-refractivity contribution is 6.03. The molecule has 0 saturated carbocycles. The fraction of sp³-hybridized carbons (Fsp3) is 0.250. The number of methoxy groups -OCH3 is 1. The second-order valence-electron chi connectivity index (χ2n) is 5.37. The van der Waals surface area contributed by atoms with Crippen molar-refractivity contribution in [2.24, 2.45) is 0 Å². The van der Waals surface area contributed by atoms with Gasteiger partial charge in [-0.15, -0.1) is 0 Å². The summed E-state index contributed by atoms with van der Waals surface area (Å²) in [6, 6.07) is 15.4. The zero-order valence-corrected chi connectivity index (χ0v) is 14.4. The van der Waals surface area contributed by atoms with E-state index < -0.39 is 0 Å². The maximum absolute atomic E-state index is 12.5. The van der Waals surface area contributed by atoms with Crippen molar-refractivity contribution >= 4 is 17.7 Å². The third-order valence-electron chi connectivity index (χ3n) is 3.54. The SMILES string of the molecule is CCN(C(=O)/C=C/c1ccc(OCOC)cc1)c1cccc(C)c1. The van der Waals surface area contributed by atoms with E-state index in [1.165, 1.54) is 0 Å². The number of hydrogen-bond donors (Lipinski definition) is 0. The number of amides is 1. The topological polar surface area (TPSA) is 38.8 Å². The van der Waals surface area contributed by atoms with E-state index in [9.17, 15) is 4.79 Å². The van der Waals surface area contributed by atoms with Gasteiger partial charge in [-0.1, -0.05) is 24.3 Å². The van der Waals surface area contributed by atoms with E-state index in [1.807, 2.05) is 62.4 Å². The van der Waals surface area contributed by atoms with E-state index in [2.05, 4.69) is 0 Å². The highest BCUT2D eigenvalue weighted by Crippen LogP contribution is 2.17. The summed E-state index contributed by atoms with van der Waals surface area (Å²) in [7, 11) is 1.58. The second-order valence-corrected chi connectivity index (χ2v) is 5.37. The number of aryl methyl sites for hydroxylation is 1. The fourth-order valence-corrected chi connectivity index (χ4v) is 2.32. The first-order valence-electron chi connectivity index (χ1n) is 7.92. The maximum atomic E-state index is 12.5. The van der Waals surface area contributed by atoms with Gasteiger partial charge >= 0.3 is 0 Å². The molecule has 0 spiro atoms. The summed E-state index contributed by atoms with van der Waals surface area (Å²) in [6.07, 6.45) is 3.40. The monoisotopic (exact) mass is 325 g/mol. The first kappa shape index (κ1) is 17.8. The van der Waals surface area contributed by atoms with Crippen LogP contribution < -0.4 is 9.64 Å². The van der Waals surface area contributed by atoms with Crippen LogP contribution in [-0.4, -0.2) is 26.4 Å². The van der Waals surface area contributed by atoms with Gasteiger partial charge in [0.25, 0.3) is 5.91 Å². The summed E-state index contributed by atoms with van der Waals surface area (Å²) in [4.78, 5) is 14.2. The van der Waals surface area contributed by atoms with Crippen LogP contribution in [0, 0.1) is 6.92 Å². The minimum Gasteiger partial charge on any atom is -0.468 e. The van der Waals surface area contributed by atoms with Crippen molar-refractivity contribution in [1.82, 2.24) is 0 Å². The Morgan fingerprint density at radius 2 is 1.92 bits per heavy atom. The number of nitrogens with zero attached hydrogens (tertiary/aromatic N) is 1. The van der Waals surface area contributed by atoms with Crippen LogP contribution in [0.15, 0.2) is 54.6 Å². The highest BCUT2D eigenvalue weighted by Gasteiger charge is 2.10. The van der Waals surface area contributed by atoms with Gasteiger partial charge in [0, 0.05) is 25.4 Å². The molecule has 0 fully saturated rings. The van der Waals surface area contributed by atoms with E-state index in [0.717, 1.165) is 22.6 Å². The summed E-state index contributed by atoms with van der Waals surface area (Å²) in [5.74, 6) is 0.693. The molecule has 0 saturated heterocycles. The lowest BCUT2D eigenvalue weighted by Gasteiger charge is -2.19. The van der Waals surface area contributed by atoms with Crippen molar-refractivity contribution in [3.8, 4) is 5.75 Å². The molecule has 4 nitrogen and oxygen atoms in total. The molecule has 0 aromatic heterocycles. The Kier molecular flexibility index (Phi) is 6.58. The molecule has 4 heteroatoms.